The average molecular weight is 445 g/mol. The van der Waals surface area contributed by atoms with Crippen molar-refractivity contribution in [2.75, 3.05) is 0 Å². The SMILES string of the molecule is CC1(C)OB(c2cccc(-c3ccc(-n4c5ccccc5c5ccccc54)cc3)c2)OC1(C)C. The Bertz CT molecular complexity index is 1450. The van der Waals surface area contributed by atoms with Gasteiger partial charge in [0.15, 0.2) is 0 Å². The molecule has 34 heavy (non-hydrogen) atoms. The van der Waals surface area contributed by atoms with Gasteiger partial charge in [-0.15, -0.1) is 0 Å². The maximum atomic E-state index is 6.27. The molecule has 168 valence electrons. The van der Waals surface area contributed by atoms with E-state index in [2.05, 4.69) is 129 Å². The van der Waals surface area contributed by atoms with E-state index in [-0.39, 0.29) is 18.3 Å². The van der Waals surface area contributed by atoms with E-state index < -0.39 is 0 Å². The van der Waals surface area contributed by atoms with Gasteiger partial charge >= 0.3 is 7.12 Å². The minimum Gasteiger partial charge on any atom is -0.399 e. The Balaban J connectivity index is 1.37. The molecule has 0 amide bonds. The third-order valence-corrected chi connectivity index (χ3v) is 7.45. The first-order valence-corrected chi connectivity index (χ1v) is 11.9. The zero-order chi connectivity index (χ0) is 23.5. The predicted octanol–water partition coefficient (Wildman–Crippen LogP) is 6.75. The lowest BCUT2D eigenvalue weighted by atomic mass is 9.78. The van der Waals surface area contributed by atoms with Gasteiger partial charge in [-0.3, -0.25) is 0 Å². The van der Waals surface area contributed by atoms with Crippen molar-refractivity contribution in [3.63, 3.8) is 0 Å². The summed E-state index contributed by atoms with van der Waals surface area (Å²) < 4.78 is 14.9. The van der Waals surface area contributed by atoms with Gasteiger partial charge in [-0.1, -0.05) is 72.8 Å². The first kappa shape index (κ1) is 21.2. The van der Waals surface area contributed by atoms with Gasteiger partial charge in [0.25, 0.3) is 0 Å². The van der Waals surface area contributed by atoms with Crippen LogP contribution in [0.15, 0.2) is 97.1 Å². The number of fused-ring (bicyclic) bond motifs is 3. The largest absolute Gasteiger partial charge is 0.494 e. The lowest BCUT2D eigenvalue weighted by molar-refractivity contribution is 0.00578. The Hall–Kier alpha value is -3.34. The number of rotatable bonds is 3. The van der Waals surface area contributed by atoms with Crippen molar-refractivity contribution in [3.05, 3.63) is 97.1 Å². The Morgan fingerprint density at radius 1 is 0.588 bits per heavy atom. The second-order valence-corrected chi connectivity index (χ2v) is 10.1. The molecule has 4 aromatic carbocycles. The molecule has 0 saturated carbocycles. The topological polar surface area (TPSA) is 23.4 Å². The van der Waals surface area contributed by atoms with Crippen LogP contribution in [0.5, 0.6) is 0 Å². The standard InChI is InChI=1S/C30H28BNO2/c1-29(2)30(3,4)34-31(33-29)23-11-9-10-22(20-23)21-16-18-24(19-17-21)32-27-14-7-5-12-25(27)26-13-6-8-15-28(26)32/h5-20H,1-4H3. The highest BCUT2D eigenvalue weighted by molar-refractivity contribution is 6.62. The van der Waals surface area contributed by atoms with Crippen LogP contribution in [-0.2, 0) is 9.31 Å². The smallest absolute Gasteiger partial charge is 0.399 e. The monoisotopic (exact) mass is 445 g/mol. The number of hydrogen-bond acceptors (Lipinski definition) is 2. The highest BCUT2D eigenvalue weighted by Crippen LogP contribution is 2.37. The van der Waals surface area contributed by atoms with Crippen LogP contribution in [0.3, 0.4) is 0 Å². The van der Waals surface area contributed by atoms with Gasteiger partial charge in [-0.2, -0.15) is 0 Å². The number of hydrogen-bond donors (Lipinski definition) is 0. The third-order valence-electron chi connectivity index (χ3n) is 7.45. The van der Waals surface area contributed by atoms with Crippen molar-refractivity contribution >= 4 is 34.4 Å². The minimum absolute atomic E-state index is 0.350. The molecule has 4 heteroatoms. The Morgan fingerprint density at radius 3 is 1.74 bits per heavy atom. The highest BCUT2D eigenvalue weighted by atomic mass is 16.7. The summed E-state index contributed by atoms with van der Waals surface area (Å²) in [5.41, 5.74) is 6.27. The van der Waals surface area contributed by atoms with E-state index in [0.29, 0.717) is 0 Å². The molecule has 0 radical (unpaired) electrons. The van der Waals surface area contributed by atoms with Crippen LogP contribution in [0, 0.1) is 0 Å². The van der Waals surface area contributed by atoms with E-state index in [0.717, 1.165) is 16.7 Å². The third kappa shape index (κ3) is 3.29. The molecule has 0 atom stereocenters. The molecule has 2 heterocycles. The maximum Gasteiger partial charge on any atom is 0.494 e. The summed E-state index contributed by atoms with van der Waals surface area (Å²) in [4.78, 5) is 0. The van der Waals surface area contributed by atoms with E-state index in [9.17, 15) is 0 Å². The molecular weight excluding hydrogens is 417 g/mol. The van der Waals surface area contributed by atoms with Crippen molar-refractivity contribution in [1.82, 2.24) is 4.57 Å². The van der Waals surface area contributed by atoms with E-state index in [1.54, 1.807) is 0 Å². The molecule has 1 aliphatic rings. The lowest BCUT2D eigenvalue weighted by Crippen LogP contribution is -2.41. The van der Waals surface area contributed by atoms with Gasteiger partial charge in [0, 0.05) is 16.5 Å². The summed E-state index contributed by atoms with van der Waals surface area (Å²) in [5.74, 6) is 0. The molecule has 1 saturated heterocycles. The first-order chi connectivity index (χ1) is 16.3. The van der Waals surface area contributed by atoms with Gasteiger partial charge in [0.2, 0.25) is 0 Å². The Morgan fingerprint density at radius 2 is 1.15 bits per heavy atom. The molecular formula is C30H28BNO2. The van der Waals surface area contributed by atoms with Crippen LogP contribution >= 0.6 is 0 Å². The number of aromatic nitrogens is 1. The molecule has 1 aromatic heterocycles. The van der Waals surface area contributed by atoms with E-state index >= 15 is 0 Å². The fraction of sp³-hybridized carbons (Fsp3) is 0.200. The second-order valence-electron chi connectivity index (χ2n) is 10.1. The zero-order valence-electron chi connectivity index (χ0n) is 20.1. The Kier molecular flexibility index (Phi) is 4.74. The molecule has 0 aliphatic carbocycles. The fourth-order valence-electron chi connectivity index (χ4n) is 4.85. The minimum atomic E-state index is -0.359. The lowest BCUT2D eigenvalue weighted by Gasteiger charge is -2.32. The highest BCUT2D eigenvalue weighted by Gasteiger charge is 2.51. The number of benzene rings is 4. The van der Waals surface area contributed by atoms with Gasteiger partial charge in [0.1, 0.15) is 0 Å². The molecule has 5 aromatic rings. The molecule has 0 spiro atoms. The van der Waals surface area contributed by atoms with Gasteiger partial charge in [0.05, 0.1) is 22.2 Å². The normalized spacial score (nSPS) is 17.0. The van der Waals surface area contributed by atoms with Crippen LogP contribution in [0.25, 0.3) is 38.6 Å². The number of nitrogens with zero attached hydrogens (tertiary/aromatic N) is 1. The Labute approximate surface area is 201 Å². The maximum absolute atomic E-state index is 6.27. The molecule has 6 rings (SSSR count). The molecule has 1 aliphatic heterocycles. The summed E-state index contributed by atoms with van der Waals surface area (Å²) in [6.07, 6.45) is 0. The summed E-state index contributed by atoms with van der Waals surface area (Å²) in [5, 5.41) is 2.55. The molecule has 0 unspecified atom stereocenters. The van der Waals surface area contributed by atoms with Crippen LogP contribution in [0.4, 0.5) is 0 Å². The van der Waals surface area contributed by atoms with Crippen LogP contribution < -0.4 is 5.46 Å². The summed E-state index contributed by atoms with van der Waals surface area (Å²) in [6, 6.07) is 34.5. The van der Waals surface area contributed by atoms with Crippen molar-refractivity contribution < 1.29 is 9.31 Å². The zero-order valence-corrected chi connectivity index (χ0v) is 20.1. The van der Waals surface area contributed by atoms with Crippen molar-refractivity contribution in [1.29, 1.82) is 0 Å². The molecule has 3 nitrogen and oxygen atoms in total. The van der Waals surface area contributed by atoms with E-state index in [1.807, 2.05) is 0 Å². The van der Waals surface area contributed by atoms with E-state index in [4.69, 9.17) is 9.31 Å². The van der Waals surface area contributed by atoms with E-state index in [1.165, 1.54) is 27.4 Å². The molecule has 0 bridgehead atoms. The summed E-state index contributed by atoms with van der Waals surface area (Å²) in [7, 11) is -0.359. The van der Waals surface area contributed by atoms with Crippen LogP contribution in [0.1, 0.15) is 27.7 Å². The second kappa shape index (κ2) is 7.59. The fourth-order valence-corrected chi connectivity index (χ4v) is 4.85. The van der Waals surface area contributed by atoms with Crippen molar-refractivity contribution in [2.45, 2.75) is 38.9 Å². The summed E-state index contributed by atoms with van der Waals surface area (Å²) >= 11 is 0. The van der Waals surface area contributed by atoms with Crippen LogP contribution in [-0.4, -0.2) is 22.9 Å². The van der Waals surface area contributed by atoms with Gasteiger partial charge < -0.3 is 13.9 Å². The van der Waals surface area contributed by atoms with Gasteiger partial charge in [-0.25, -0.2) is 0 Å². The molecule has 0 N–H and O–H groups in total. The number of para-hydroxylation sites is 2. The average Bonchev–Trinajstić information content (AvgIpc) is 3.29. The van der Waals surface area contributed by atoms with Crippen molar-refractivity contribution in [2.24, 2.45) is 0 Å². The summed E-state index contributed by atoms with van der Waals surface area (Å²) in [6.45, 7) is 8.35. The van der Waals surface area contributed by atoms with Crippen molar-refractivity contribution in [3.8, 4) is 16.8 Å². The predicted molar refractivity (Wildman–Crippen MR) is 142 cm³/mol. The van der Waals surface area contributed by atoms with Gasteiger partial charge in [-0.05, 0) is 68.6 Å². The molecule has 1 fully saturated rings. The van der Waals surface area contributed by atoms with Crippen LogP contribution in [0.2, 0.25) is 0 Å². The first-order valence-electron chi connectivity index (χ1n) is 11.9. The quantitative estimate of drug-likeness (QED) is 0.287.